The molecule has 5 atom stereocenters. The van der Waals surface area contributed by atoms with Gasteiger partial charge in [-0.3, -0.25) is 5.32 Å². The summed E-state index contributed by atoms with van der Waals surface area (Å²) in [7, 11) is 0. The van der Waals surface area contributed by atoms with Gasteiger partial charge in [0.2, 0.25) is 0 Å². The van der Waals surface area contributed by atoms with Gasteiger partial charge in [0.15, 0.2) is 0 Å². The van der Waals surface area contributed by atoms with Crippen molar-refractivity contribution in [1.82, 2.24) is 10.6 Å². The quantitative estimate of drug-likeness (QED) is 0.152. The van der Waals surface area contributed by atoms with Gasteiger partial charge in [-0.25, -0.2) is 4.79 Å². The zero-order valence-corrected chi connectivity index (χ0v) is 23.4. The van der Waals surface area contributed by atoms with Crippen LogP contribution in [0.4, 0.5) is 4.79 Å². The van der Waals surface area contributed by atoms with E-state index in [1.54, 1.807) is 0 Å². The lowest BCUT2D eigenvalue weighted by atomic mass is 9.96. The molecule has 1 aliphatic rings. The van der Waals surface area contributed by atoms with E-state index in [0.29, 0.717) is 6.54 Å². The van der Waals surface area contributed by atoms with Gasteiger partial charge in [0.05, 0.1) is 6.61 Å². The van der Waals surface area contributed by atoms with Gasteiger partial charge in [0.1, 0.15) is 37.2 Å². The van der Waals surface area contributed by atoms with Crippen LogP contribution < -0.4 is 10.6 Å². The lowest BCUT2D eigenvalue weighted by molar-refractivity contribution is -0.200. The second kappa shape index (κ2) is 20.2. The van der Waals surface area contributed by atoms with Gasteiger partial charge in [0.25, 0.3) is 0 Å². The van der Waals surface area contributed by atoms with Crippen molar-refractivity contribution in [3.8, 4) is 0 Å². The van der Waals surface area contributed by atoms with E-state index in [1.165, 1.54) is 77.0 Å². The molecule has 1 amide bonds. The van der Waals surface area contributed by atoms with Crippen molar-refractivity contribution in [2.45, 2.75) is 134 Å². The van der Waals surface area contributed by atoms with Crippen LogP contribution in [0.5, 0.6) is 0 Å². The highest BCUT2D eigenvalue weighted by atomic mass is 16.6. The first-order valence-corrected chi connectivity index (χ1v) is 14.9. The number of carbonyl (C=O) groups is 1. The largest absolute Gasteiger partial charge is 0.445 e. The fourth-order valence-electron chi connectivity index (χ4n) is 4.92. The highest BCUT2D eigenvalue weighted by Crippen LogP contribution is 2.20. The zero-order chi connectivity index (χ0) is 27.4. The molecule has 0 radical (unpaired) electrons. The van der Waals surface area contributed by atoms with Gasteiger partial charge in [-0.05, 0) is 18.5 Å². The van der Waals surface area contributed by atoms with Crippen LogP contribution in [-0.2, 0) is 16.1 Å². The first kappa shape index (κ1) is 32.5. The molecule has 5 N–H and O–H groups in total. The van der Waals surface area contributed by atoms with Crippen molar-refractivity contribution in [2.24, 2.45) is 0 Å². The Hall–Kier alpha value is -1.71. The molecular weight excluding hydrogens is 484 g/mol. The summed E-state index contributed by atoms with van der Waals surface area (Å²) in [5.41, 5.74) is 0.843. The Balaban J connectivity index is 1.61. The van der Waals surface area contributed by atoms with Crippen LogP contribution in [0.25, 0.3) is 0 Å². The number of ether oxygens (including phenoxy) is 2. The Bertz CT molecular complexity index is 722. The molecule has 0 bridgehead atoms. The third kappa shape index (κ3) is 12.9. The van der Waals surface area contributed by atoms with Crippen molar-refractivity contribution in [2.75, 3.05) is 13.2 Å². The van der Waals surface area contributed by atoms with Crippen LogP contribution in [0.15, 0.2) is 30.3 Å². The van der Waals surface area contributed by atoms with E-state index in [4.69, 9.17) is 9.47 Å². The predicted molar refractivity (Wildman–Crippen MR) is 150 cm³/mol. The first-order chi connectivity index (χ1) is 18.6. The average Bonchev–Trinajstić information content (AvgIpc) is 2.93. The molecule has 8 nitrogen and oxygen atoms in total. The maximum Gasteiger partial charge on any atom is 0.407 e. The second-order valence-electron chi connectivity index (χ2n) is 10.5. The van der Waals surface area contributed by atoms with Gasteiger partial charge in [-0.2, -0.15) is 0 Å². The number of unbranched alkanes of at least 4 members (excludes halogenated alkanes) is 13. The molecule has 1 saturated heterocycles. The molecule has 1 fully saturated rings. The Morgan fingerprint density at radius 1 is 0.842 bits per heavy atom. The molecule has 1 aromatic rings. The standard InChI is InChI=1S/C30H52N2O6/c1-2-3-4-5-6-7-8-9-10-11-12-13-14-18-21-31-29-26(28(35)27(34)25(22-33)38-29)32-30(36)37-23-24-19-16-15-17-20-24/h15-17,19-20,25-29,31,33-35H,2-14,18,21-23H2,1H3,(H,32,36)/t25-,26-,27+,28-,29-/m1/s1. The minimum atomic E-state index is -1.32. The Morgan fingerprint density at radius 2 is 1.39 bits per heavy atom. The van der Waals surface area contributed by atoms with Crippen LogP contribution in [0.1, 0.15) is 102 Å². The summed E-state index contributed by atoms with van der Waals surface area (Å²) >= 11 is 0. The predicted octanol–water partition coefficient (Wildman–Crippen LogP) is 4.79. The smallest absolute Gasteiger partial charge is 0.407 e. The van der Waals surface area contributed by atoms with Crippen molar-refractivity contribution in [3.63, 3.8) is 0 Å². The van der Waals surface area contributed by atoms with Gasteiger partial charge in [0, 0.05) is 0 Å². The monoisotopic (exact) mass is 536 g/mol. The van der Waals surface area contributed by atoms with Crippen LogP contribution >= 0.6 is 0 Å². The number of hydrogen-bond donors (Lipinski definition) is 5. The Kier molecular flexibility index (Phi) is 17.3. The fraction of sp³-hybridized carbons (Fsp3) is 0.767. The van der Waals surface area contributed by atoms with Crippen LogP contribution in [0.3, 0.4) is 0 Å². The van der Waals surface area contributed by atoms with Crippen molar-refractivity contribution in [1.29, 1.82) is 0 Å². The third-order valence-corrected chi connectivity index (χ3v) is 7.30. The zero-order valence-electron chi connectivity index (χ0n) is 23.4. The van der Waals surface area contributed by atoms with Crippen molar-refractivity contribution in [3.05, 3.63) is 35.9 Å². The van der Waals surface area contributed by atoms with Gasteiger partial charge in [-0.1, -0.05) is 121 Å². The minimum absolute atomic E-state index is 0.0926. The number of nitrogens with one attached hydrogen (secondary N) is 2. The molecule has 8 heteroatoms. The van der Waals surface area contributed by atoms with Crippen molar-refractivity contribution >= 4 is 6.09 Å². The number of alkyl carbamates (subject to hydrolysis) is 1. The van der Waals surface area contributed by atoms with Crippen LogP contribution in [0.2, 0.25) is 0 Å². The van der Waals surface area contributed by atoms with Crippen molar-refractivity contribution < 1.29 is 29.6 Å². The number of aliphatic hydroxyl groups excluding tert-OH is 3. The van der Waals surface area contributed by atoms with Gasteiger partial charge in [-0.15, -0.1) is 0 Å². The molecule has 0 spiro atoms. The number of aliphatic hydroxyl groups is 3. The molecule has 0 saturated carbocycles. The summed E-state index contributed by atoms with van der Waals surface area (Å²) < 4.78 is 11.0. The van der Waals surface area contributed by atoms with Gasteiger partial charge < -0.3 is 30.1 Å². The number of benzene rings is 1. The summed E-state index contributed by atoms with van der Waals surface area (Å²) in [6, 6.07) is 8.38. The molecule has 0 unspecified atom stereocenters. The maximum absolute atomic E-state index is 12.4. The third-order valence-electron chi connectivity index (χ3n) is 7.30. The molecule has 218 valence electrons. The topological polar surface area (TPSA) is 120 Å². The van der Waals surface area contributed by atoms with Crippen LogP contribution in [-0.4, -0.2) is 65.1 Å². The molecule has 38 heavy (non-hydrogen) atoms. The molecule has 2 rings (SSSR count). The summed E-state index contributed by atoms with van der Waals surface area (Å²) in [5, 5.41) is 36.3. The summed E-state index contributed by atoms with van der Waals surface area (Å²) in [6.07, 6.45) is 13.0. The molecular formula is C30H52N2O6. The molecule has 1 aliphatic heterocycles. The highest BCUT2D eigenvalue weighted by molar-refractivity contribution is 5.67. The summed E-state index contributed by atoms with van der Waals surface area (Å²) in [5.74, 6) is 0. The fourth-order valence-corrected chi connectivity index (χ4v) is 4.92. The van der Waals surface area contributed by atoms with Gasteiger partial charge >= 0.3 is 6.09 Å². The summed E-state index contributed by atoms with van der Waals surface area (Å²) in [6.45, 7) is 2.56. The number of carbonyl (C=O) groups excluding carboxylic acids is 1. The van der Waals surface area contributed by atoms with E-state index < -0.39 is 43.3 Å². The van der Waals surface area contributed by atoms with Crippen LogP contribution in [0, 0.1) is 0 Å². The minimum Gasteiger partial charge on any atom is -0.445 e. The SMILES string of the molecule is CCCCCCCCCCCCCCCCN[C@@H]1O[C@H](CO)[C@H](O)[C@H](O)[C@H]1NC(=O)OCc1ccccc1. The molecule has 0 aromatic heterocycles. The molecule has 1 heterocycles. The Labute approximate surface area is 229 Å². The second-order valence-corrected chi connectivity index (χ2v) is 10.5. The van der Waals surface area contributed by atoms with E-state index in [0.717, 1.165) is 18.4 Å². The van der Waals surface area contributed by atoms with E-state index in [2.05, 4.69) is 17.6 Å². The lowest BCUT2D eigenvalue weighted by Crippen LogP contribution is -2.67. The number of amides is 1. The number of hydrogen-bond acceptors (Lipinski definition) is 7. The van der Waals surface area contributed by atoms with E-state index in [1.807, 2.05) is 30.3 Å². The lowest BCUT2D eigenvalue weighted by Gasteiger charge is -2.42. The Morgan fingerprint density at radius 3 is 1.95 bits per heavy atom. The number of rotatable bonds is 20. The normalized spacial score (nSPS) is 23.3. The molecule has 0 aliphatic carbocycles. The molecule has 1 aromatic carbocycles. The maximum atomic E-state index is 12.4. The summed E-state index contributed by atoms with van der Waals surface area (Å²) in [4.78, 5) is 12.4. The van der Waals surface area contributed by atoms with E-state index in [-0.39, 0.29) is 6.61 Å². The average molecular weight is 537 g/mol. The highest BCUT2D eigenvalue weighted by Gasteiger charge is 2.45. The first-order valence-electron chi connectivity index (χ1n) is 14.9. The van der Waals surface area contributed by atoms with E-state index >= 15 is 0 Å². The van der Waals surface area contributed by atoms with E-state index in [9.17, 15) is 20.1 Å².